The molecule has 0 aliphatic carbocycles. The molecule has 0 bridgehead atoms. The van der Waals surface area contributed by atoms with Crippen molar-refractivity contribution in [2.45, 2.75) is 0 Å². The van der Waals surface area contributed by atoms with Gasteiger partial charge in [-0.2, -0.15) is 4.98 Å². The lowest BCUT2D eigenvalue weighted by molar-refractivity contribution is -0.119. The summed E-state index contributed by atoms with van der Waals surface area (Å²) in [7, 11) is 0. The molecule has 3 rings (SSSR count). The average molecular weight is 296 g/mol. The first-order chi connectivity index (χ1) is 10.7. The highest BCUT2D eigenvalue weighted by Crippen LogP contribution is 2.23. The maximum absolute atomic E-state index is 10.7. The second kappa shape index (κ2) is 6.04. The molecule has 0 atom stereocenters. The van der Waals surface area contributed by atoms with Crippen LogP contribution >= 0.6 is 0 Å². The molecular formula is C15H12N4O3. The third-order valence-corrected chi connectivity index (χ3v) is 2.83. The molecule has 0 radical (unpaired) electrons. The second-order valence-electron chi connectivity index (χ2n) is 4.44. The van der Waals surface area contributed by atoms with Gasteiger partial charge >= 0.3 is 0 Å². The van der Waals surface area contributed by atoms with Crippen LogP contribution in [0.4, 0.5) is 0 Å². The van der Waals surface area contributed by atoms with Crippen molar-refractivity contribution in [3.8, 4) is 28.6 Å². The summed E-state index contributed by atoms with van der Waals surface area (Å²) in [4.78, 5) is 19.0. The van der Waals surface area contributed by atoms with Crippen molar-refractivity contribution < 1.29 is 14.1 Å². The van der Waals surface area contributed by atoms with Crippen molar-refractivity contribution >= 4 is 5.91 Å². The van der Waals surface area contributed by atoms with E-state index in [1.807, 2.05) is 6.07 Å². The van der Waals surface area contributed by atoms with Gasteiger partial charge in [0.05, 0.1) is 5.56 Å². The largest absolute Gasteiger partial charge is 0.484 e. The van der Waals surface area contributed by atoms with Gasteiger partial charge in [-0.3, -0.25) is 9.78 Å². The van der Waals surface area contributed by atoms with Gasteiger partial charge in [-0.05, 0) is 36.4 Å². The first-order valence-electron chi connectivity index (χ1n) is 6.48. The molecule has 7 heteroatoms. The SMILES string of the molecule is NC(=O)COc1ccc(-c2noc(-c3cccnc3)n2)cc1. The minimum absolute atomic E-state index is 0.160. The van der Waals surface area contributed by atoms with Gasteiger partial charge in [-0.15, -0.1) is 0 Å². The molecule has 0 saturated heterocycles. The molecule has 3 aromatic rings. The van der Waals surface area contributed by atoms with Crippen LogP contribution < -0.4 is 10.5 Å². The third kappa shape index (κ3) is 3.09. The Morgan fingerprint density at radius 2 is 2.00 bits per heavy atom. The maximum Gasteiger partial charge on any atom is 0.259 e. The molecular weight excluding hydrogens is 284 g/mol. The lowest BCUT2D eigenvalue weighted by atomic mass is 10.2. The summed E-state index contributed by atoms with van der Waals surface area (Å²) in [5, 5.41) is 3.94. The highest BCUT2D eigenvalue weighted by molar-refractivity contribution is 5.75. The van der Waals surface area contributed by atoms with E-state index in [1.165, 1.54) is 0 Å². The molecule has 0 fully saturated rings. The standard InChI is InChI=1S/C15H12N4O3/c16-13(20)9-21-12-5-3-10(4-6-12)14-18-15(22-19-14)11-2-1-7-17-8-11/h1-8H,9H2,(H2,16,20). The fourth-order valence-electron chi connectivity index (χ4n) is 1.80. The molecule has 0 spiro atoms. The maximum atomic E-state index is 10.7. The summed E-state index contributed by atoms with van der Waals surface area (Å²) < 4.78 is 10.4. The number of benzene rings is 1. The van der Waals surface area contributed by atoms with Crippen LogP contribution in [0.3, 0.4) is 0 Å². The Balaban J connectivity index is 1.77. The van der Waals surface area contributed by atoms with Crippen LogP contribution in [0.5, 0.6) is 5.75 Å². The first kappa shape index (κ1) is 13.7. The van der Waals surface area contributed by atoms with Crippen LogP contribution in [0.2, 0.25) is 0 Å². The Morgan fingerprint density at radius 3 is 2.68 bits per heavy atom. The van der Waals surface area contributed by atoms with E-state index in [4.69, 9.17) is 15.0 Å². The Kier molecular flexibility index (Phi) is 3.78. The topological polar surface area (TPSA) is 104 Å². The van der Waals surface area contributed by atoms with E-state index < -0.39 is 5.91 Å². The number of nitrogens with zero attached hydrogens (tertiary/aromatic N) is 3. The first-order valence-corrected chi connectivity index (χ1v) is 6.48. The van der Waals surface area contributed by atoms with Crippen LogP contribution in [0.1, 0.15) is 0 Å². The quantitative estimate of drug-likeness (QED) is 0.767. The van der Waals surface area contributed by atoms with E-state index in [0.717, 1.165) is 11.1 Å². The van der Waals surface area contributed by atoms with Crippen molar-refractivity contribution in [2.24, 2.45) is 5.73 Å². The van der Waals surface area contributed by atoms with Gasteiger partial charge in [0.2, 0.25) is 5.82 Å². The van der Waals surface area contributed by atoms with Crippen LogP contribution in [-0.2, 0) is 4.79 Å². The van der Waals surface area contributed by atoms with Crippen LogP contribution in [-0.4, -0.2) is 27.6 Å². The molecule has 110 valence electrons. The minimum Gasteiger partial charge on any atom is -0.484 e. The summed E-state index contributed by atoms with van der Waals surface area (Å²) in [5.41, 5.74) is 6.54. The number of hydrogen-bond donors (Lipinski definition) is 1. The molecule has 0 unspecified atom stereocenters. The average Bonchev–Trinajstić information content (AvgIpc) is 3.04. The van der Waals surface area contributed by atoms with Crippen molar-refractivity contribution in [3.05, 3.63) is 48.8 Å². The molecule has 1 amide bonds. The van der Waals surface area contributed by atoms with Gasteiger partial charge in [0.25, 0.3) is 11.8 Å². The monoisotopic (exact) mass is 296 g/mol. The van der Waals surface area contributed by atoms with Crippen molar-refractivity contribution in [1.29, 1.82) is 0 Å². The molecule has 22 heavy (non-hydrogen) atoms. The predicted octanol–water partition coefficient (Wildman–Crippen LogP) is 1.66. The number of primary amides is 1. The molecule has 1 aromatic carbocycles. The van der Waals surface area contributed by atoms with Gasteiger partial charge in [0.15, 0.2) is 6.61 Å². The number of pyridine rings is 1. The predicted molar refractivity (Wildman–Crippen MR) is 77.7 cm³/mol. The summed E-state index contributed by atoms with van der Waals surface area (Å²) in [6, 6.07) is 10.6. The van der Waals surface area contributed by atoms with E-state index in [-0.39, 0.29) is 6.61 Å². The number of aromatic nitrogens is 3. The van der Waals surface area contributed by atoms with Crippen molar-refractivity contribution in [1.82, 2.24) is 15.1 Å². The number of rotatable bonds is 5. The second-order valence-corrected chi connectivity index (χ2v) is 4.44. The molecule has 2 heterocycles. The third-order valence-electron chi connectivity index (χ3n) is 2.83. The lowest BCUT2D eigenvalue weighted by Crippen LogP contribution is -2.19. The normalized spacial score (nSPS) is 10.4. The molecule has 0 aliphatic rings. The smallest absolute Gasteiger partial charge is 0.259 e. The fraction of sp³-hybridized carbons (Fsp3) is 0.0667. The van der Waals surface area contributed by atoms with Gasteiger partial charge in [-0.1, -0.05) is 5.16 Å². The van der Waals surface area contributed by atoms with Crippen LogP contribution in [0.25, 0.3) is 22.8 Å². The molecule has 0 aliphatic heterocycles. The van der Waals surface area contributed by atoms with E-state index in [9.17, 15) is 4.79 Å². The zero-order valence-electron chi connectivity index (χ0n) is 11.5. The highest BCUT2D eigenvalue weighted by Gasteiger charge is 2.10. The van der Waals surface area contributed by atoms with Crippen molar-refractivity contribution in [2.75, 3.05) is 6.61 Å². The highest BCUT2D eigenvalue weighted by atomic mass is 16.5. The molecule has 2 aromatic heterocycles. The Bertz CT molecular complexity index is 769. The van der Waals surface area contributed by atoms with Gasteiger partial charge < -0.3 is 15.0 Å². The summed E-state index contributed by atoms with van der Waals surface area (Å²) in [5.74, 6) is 0.874. The van der Waals surface area contributed by atoms with E-state index in [0.29, 0.717) is 17.5 Å². The summed E-state index contributed by atoms with van der Waals surface area (Å²) in [6.07, 6.45) is 3.32. The van der Waals surface area contributed by atoms with Crippen LogP contribution in [0.15, 0.2) is 53.3 Å². The number of hydrogen-bond acceptors (Lipinski definition) is 6. The fourth-order valence-corrected chi connectivity index (χ4v) is 1.80. The number of amides is 1. The van der Waals surface area contributed by atoms with Crippen molar-refractivity contribution in [3.63, 3.8) is 0 Å². The number of nitrogens with two attached hydrogens (primary N) is 1. The number of carbonyl (C=O) groups is 1. The van der Waals surface area contributed by atoms with Crippen LogP contribution in [0, 0.1) is 0 Å². The van der Waals surface area contributed by atoms with E-state index in [1.54, 1.807) is 42.7 Å². The molecule has 2 N–H and O–H groups in total. The zero-order valence-corrected chi connectivity index (χ0v) is 11.5. The summed E-state index contributed by atoms with van der Waals surface area (Å²) in [6.45, 7) is -0.160. The summed E-state index contributed by atoms with van der Waals surface area (Å²) >= 11 is 0. The number of ether oxygens (including phenoxy) is 1. The lowest BCUT2D eigenvalue weighted by Gasteiger charge is -2.03. The zero-order chi connectivity index (χ0) is 15.4. The van der Waals surface area contributed by atoms with E-state index in [2.05, 4.69) is 15.1 Å². The molecule has 7 nitrogen and oxygen atoms in total. The Hall–Kier alpha value is -3.22. The minimum atomic E-state index is -0.525. The van der Waals surface area contributed by atoms with Gasteiger partial charge in [0.1, 0.15) is 5.75 Å². The van der Waals surface area contributed by atoms with E-state index >= 15 is 0 Å². The molecule has 0 saturated carbocycles. The Morgan fingerprint density at radius 1 is 1.18 bits per heavy atom. The number of carbonyl (C=O) groups excluding carboxylic acids is 1. The Labute approximate surface area is 125 Å². The van der Waals surface area contributed by atoms with Gasteiger partial charge in [0, 0.05) is 18.0 Å². The van der Waals surface area contributed by atoms with Gasteiger partial charge in [-0.25, -0.2) is 0 Å².